The first-order valence-corrected chi connectivity index (χ1v) is 6.56. The van der Waals surface area contributed by atoms with Gasteiger partial charge in [-0.1, -0.05) is 13.8 Å². The molecule has 0 aromatic carbocycles. The number of aliphatic carboxylic acids is 1. The quantitative estimate of drug-likeness (QED) is 0.740. The highest BCUT2D eigenvalue weighted by atomic mass is 16.4. The molecule has 19 heavy (non-hydrogen) atoms. The van der Waals surface area contributed by atoms with Crippen molar-refractivity contribution < 1.29 is 19.5 Å². The van der Waals surface area contributed by atoms with Gasteiger partial charge < -0.3 is 10.0 Å². The lowest BCUT2D eigenvalue weighted by atomic mass is 10.2. The normalized spacial score (nSPS) is 10.6. The number of amides is 3. The second-order valence-electron chi connectivity index (χ2n) is 5.24. The average Bonchev–Trinajstić information content (AvgIpc) is 2.24. The summed E-state index contributed by atoms with van der Waals surface area (Å²) in [6.07, 6.45) is 0.216. The Balaban J connectivity index is 4.24. The van der Waals surface area contributed by atoms with E-state index >= 15 is 0 Å². The van der Waals surface area contributed by atoms with Crippen LogP contribution in [0.2, 0.25) is 0 Å². The minimum absolute atomic E-state index is 0.00854. The van der Waals surface area contributed by atoms with E-state index in [0.29, 0.717) is 12.5 Å². The summed E-state index contributed by atoms with van der Waals surface area (Å²) >= 11 is 0. The van der Waals surface area contributed by atoms with Crippen LogP contribution in [0.1, 0.15) is 47.0 Å². The predicted molar refractivity (Wildman–Crippen MR) is 71.7 cm³/mol. The molecule has 0 aliphatic rings. The molecule has 110 valence electrons. The van der Waals surface area contributed by atoms with Gasteiger partial charge in [0.05, 0.1) is 0 Å². The summed E-state index contributed by atoms with van der Waals surface area (Å²) in [4.78, 5) is 35.3. The van der Waals surface area contributed by atoms with Gasteiger partial charge in [-0.25, -0.2) is 4.79 Å². The number of rotatable bonds is 7. The van der Waals surface area contributed by atoms with Crippen LogP contribution < -0.4 is 5.32 Å². The number of nitrogens with zero attached hydrogens (tertiary/aromatic N) is 1. The fraction of sp³-hybridized carbons (Fsp3) is 0.769. The van der Waals surface area contributed by atoms with E-state index in [-0.39, 0.29) is 25.3 Å². The highest BCUT2D eigenvalue weighted by molar-refractivity contribution is 5.94. The van der Waals surface area contributed by atoms with Gasteiger partial charge in [0.15, 0.2) is 0 Å². The maximum Gasteiger partial charge on any atom is 0.324 e. The Morgan fingerprint density at radius 2 is 1.68 bits per heavy atom. The van der Waals surface area contributed by atoms with Gasteiger partial charge in [0.25, 0.3) is 0 Å². The van der Waals surface area contributed by atoms with Crippen LogP contribution >= 0.6 is 0 Å². The van der Waals surface area contributed by atoms with Crippen molar-refractivity contribution in [2.45, 2.75) is 53.0 Å². The van der Waals surface area contributed by atoms with Crippen LogP contribution in [-0.2, 0) is 9.59 Å². The number of imide groups is 1. The number of carboxylic acid groups (broad SMARTS) is 1. The molecule has 0 radical (unpaired) electrons. The summed E-state index contributed by atoms with van der Waals surface area (Å²) in [6.45, 7) is 8.34. The Morgan fingerprint density at radius 1 is 1.11 bits per heavy atom. The SMILES string of the molecule is CC(C)CN(C(=O)NC(=O)CCCC(=O)O)C(C)C. The first-order valence-electron chi connectivity index (χ1n) is 6.56. The molecule has 0 spiro atoms. The number of carbonyl (C=O) groups excluding carboxylic acids is 2. The van der Waals surface area contributed by atoms with Crippen LogP contribution in [0.15, 0.2) is 0 Å². The van der Waals surface area contributed by atoms with Crippen molar-refractivity contribution in [2.75, 3.05) is 6.54 Å². The molecule has 3 amide bonds. The number of hydrogen-bond acceptors (Lipinski definition) is 3. The molecule has 0 unspecified atom stereocenters. The molecule has 0 aromatic heterocycles. The van der Waals surface area contributed by atoms with Crippen LogP contribution in [0, 0.1) is 5.92 Å². The molecule has 0 aliphatic heterocycles. The number of carbonyl (C=O) groups is 3. The molecule has 0 aliphatic carbocycles. The first-order chi connectivity index (χ1) is 8.73. The number of urea groups is 1. The van der Waals surface area contributed by atoms with Gasteiger partial charge in [0, 0.05) is 25.4 Å². The summed E-state index contributed by atoms with van der Waals surface area (Å²) in [5.41, 5.74) is 0. The second kappa shape index (κ2) is 8.50. The van der Waals surface area contributed by atoms with Crippen molar-refractivity contribution >= 4 is 17.9 Å². The molecular weight excluding hydrogens is 248 g/mol. The van der Waals surface area contributed by atoms with E-state index < -0.39 is 17.9 Å². The highest BCUT2D eigenvalue weighted by Crippen LogP contribution is 2.05. The minimum Gasteiger partial charge on any atom is -0.481 e. The first kappa shape index (κ1) is 17.4. The van der Waals surface area contributed by atoms with Gasteiger partial charge in [-0.3, -0.25) is 14.9 Å². The Labute approximate surface area is 114 Å². The van der Waals surface area contributed by atoms with Gasteiger partial charge >= 0.3 is 12.0 Å². The maximum absolute atomic E-state index is 11.9. The second-order valence-corrected chi connectivity index (χ2v) is 5.24. The van der Waals surface area contributed by atoms with Crippen LogP contribution in [0.25, 0.3) is 0 Å². The lowest BCUT2D eigenvalue weighted by Crippen LogP contribution is -2.47. The number of hydrogen-bond donors (Lipinski definition) is 2. The lowest BCUT2D eigenvalue weighted by Gasteiger charge is -2.28. The van der Waals surface area contributed by atoms with E-state index in [2.05, 4.69) is 5.32 Å². The summed E-state index contributed by atoms with van der Waals surface area (Å²) in [5.74, 6) is -1.06. The molecule has 6 heteroatoms. The van der Waals surface area contributed by atoms with E-state index in [1.165, 1.54) is 0 Å². The average molecular weight is 272 g/mol. The van der Waals surface area contributed by atoms with Crippen LogP contribution in [0.5, 0.6) is 0 Å². The Hall–Kier alpha value is -1.59. The third-order valence-electron chi connectivity index (χ3n) is 2.49. The van der Waals surface area contributed by atoms with Crippen LogP contribution in [-0.4, -0.2) is 40.5 Å². The Bertz CT molecular complexity index is 327. The minimum atomic E-state index is -0.942. The summed E-state index contributed by atoms with van der Waals surface area (Å²) in [6, 6.07) is -0.404. The van der Waals surface area contributed by atoms with E-state index in [9.17, 15) is 14.4 Å². The zero-order valence-corrected chi connectivity index (χ0v) is 12.1. The summed E-state index contributed by atoms with van der Waals surface area (Å²) < 4.78 is 0. The Kier molecular flexibility index (Phi) is 7.79. The molecule has 0 bridgehead atoms. The van der Waals surface area contributed by atoms with Gasteiger partial charge in [0.1, 0.15) is 0 Å². The van der Waals surface area contributed by atoms with E-state index in [0.717, 1.165) is 0 Å². The summed E-state index contributed by atoms with van der Waals surface area (Å²) in [7, 11) is 0. The van der Waals surface area contributed by atoms with Crippen molar-refractivity contribution in [1.82, 2.24) is 10.2 Å². The van der Waals surface area contributed by atoms with Crippen molar-refractivity contribution in [1.29, 1.82) is 0 Å². The Morgan fingerprint density at radius 3 is 2.11 bits per heavy atom. The third kappa shape index (κ3) is 8.18. The van der Waals surface area contributed by atoms with E-state index in [4.69, 9.17) is 5.11 Å². The molecule has 0 heterocycles. The van der Waals surface area contributed by atoms with Crippen LogP contribution in [0.3, 0.4) is 0 Å². The zero-order valence-electron chi connectivity index (χ0n) is 12.1. The number of carboxylic acids is 1. The molecular formula is C13H24N2O4. The molecule has 6 nitrogen and oxygen atoms in total. The largest absolute Gasteiger partial charge is 0.481 e. The van der Waals surface area contributed by atoms with Crippen LogP contribution in [0.4, 0.5) is 4.79 Å². The molecule has 0 saturated carbocycles. The van der Waals surface area contributed by atoms with Crippen molar-refractivity contribution in [3.8, 4) is 0 Å². The van der Waals surface area contributed by atoms with Gasteiger partial charge in [-0.2, -0.15) is 0 Å². The van der Waals surface area contributed by atoms with Crippen molar-refractivity contribution in [2.24, 2.45) is 5.92 Å². The van der Waals surface area contributed by atoms with E-state index in [1.54, 1.807) is 4.90 Å². The van der Waals surface area contributed by atoms with Crippen molar-refractivity contribution in [3.05, 3.63) is 0 Å². The topological polar surface area (TPSA) is 86.7 Å². The lowest BCUT2D eigenvalue weighted by molar-refractivity contribution is -0.137. The fourth-order valence-corrected chi connectivity index (χ4v) is 1.58. The van der Waals surface area contributed by atoms with E-state index in [1.807, 2.05) is 27.7 Å². The predicted octanol–water partition coefficient (Wildman–Crippen LogP) is 1.84. The standard InChI is InChI=1S/C13H24N2O4/c1-9(2)8-15(10(3)4)13(19)14-11(16)6-5-7-12(17)18/h9-10H,5-8H2,1-4H3,(H,17,18)(H,14,16,19). The molecule has 0 atom stereocenters. The third-order valence-corrected chi connectivity index (χ3v) is 2.49. The van der Waals surface area contributed by atoms with Gasteiger partial charge in [-0.15, -0.1) is 0 Å². The molecule has 0 rings (SSSR count). The number of nitrogens with one attached hydrogen (secondary N) is 1. The fourth-order valence-electron chi connectivity index (χ4n) is 1.58. The van der Waals surface area contributed by atoms with Gasteiger partial charge in [-0.05, 0) is 26.2 Å². The van der Waals surface area contributed by atoms with Crippen molar-refractivity contribution in [3.63, 3.8) is 0 Å². The van der Waals surface area contributed by atoms with Gasteiger partial charge in [0.2, 0.25) is 5.91 Å². The highest BCUT2D eigenvalue weighted by Gasteiger charge is 2.19. The molecule has 0 aromatic rings. The smallest absolute Gasteiger partial charge is 0.324 e. The maximum atomic E-state index is 11.9. The monoisotopic (exact) mass is 272 g/mol. The molecule has 2 N–H and O–H groups in total. The summed E-state index contributed by atoms with van der Waals surface area (Å²) in [5, 5.41) is 10.8. The zero-order chi connectivity index (χ0) is 15.0. The molecule has 0 saturated heterocycles. The molecule has 0 fully saturated rings.